The number of ether oxygens (including phenoxy) is 1. The van der Waals surface area contributed by atoms with Gasteiger partial charge in [-0.25, -0.2) is 0 Å². The summed E-state index contributed by atoms with van der Waals surface area (Å²) in [5.41, 5.74) is 3.30. The number of anilines is 1. The highest BCUT2D eigenvalue weighted by Gasteiger charge is 2.30. The topological polar surface area (TPSA) is 43.3 Å². The summed E-state index contributed by atoms with van der Waals surface area (Å²) in [6, 6.07) is 24.8. The van der Waals surface area contributed by atoms with E-state index in [4.69, 9.17) is 16.3 Å². The molecule has 0 saturated carbocycles. The fourth-order valence-corrected chi connectivity index (χ4v) is 4.45. The number of halogens is 4. The van der Waals surface area contributed by atoms with E-state index in [-0.39, 0.29) is 12.0 Å². The van der Waals surface area contributed by atoms with Crippen LogP contribution in [0.5, 0.6) is 5.75 Å². The molecule has 198 valence electrons. The number of rotatable bonds is 6. The van der Waals surface area contributed by atoms with E-state index in [9.17, 15) is 18.0 Å². The number of carbonyl (C=O) groups excluding carboxylic acids is 1. The Kier molecular flexibility index (Phi) is 7.10. The fourth-order valence-electron chi connectivity index (χ4n) is 4.33. The third kappa shape index (κ3) is 5.78. The minimum Gasteiger partial charge on any atom is -0.491 e. The van der Waals surface area contributed by atoms with E-state index in [2.05, 4.69) is 5.32 Å². The number of amides is 1. The largest absolute Gasteiger partial charge is 0.491 e. The first-order valence-corrected chi connectivity index (χ1v) is 12.6. The maximum absolute atomic E-state index is 13.1. The van der Waals surface area contributed by atoms with Gasteiger partial charge in [0.05, 0.1) is 22.9 Å². The molecule has 0 atom stereocenters. The van der Waals surface area contributed by atoms with Crippen LogP contribution in [0.1, 0.15) is 29.8 Å². The van der Waals surface area contributed by atoms with E-state index in [0.29, 0.717) is 21.8 Å². The Morgan fingerprint density at radius 3 is 2.13 bits per heavy atom. The number of carbonyl (C=O) groups is 1. The lowest BCUT2D eigenvalue weighted by molar-refractivity contribution is -0.137. The van der Waals surface area contributed by atoms with Crippen molar-refractivity contribution in [3.05, 3.63) is 113 Å². The van der Waals surface area contributed by atoms with E-state index in [1.807, 2.05) is 67.1 Å². The quantitative estimate of drug-likeness (QED) is 0.230. The Labute approximate surface area is 228 Å². The van der Waals surface area contributed by atoms with Crippen LogP contribution < -0.4 is 10.1 Å². The minimum absolute atomic E-state index is 0.0431. The molecule has 0 aliphatic heterocycles. The van der Waals surface area contributed by atoms with Crippen LogP contribution in [-0.4, -0.2) is 16.6 Å². The third-order valence-electron chi connectivity index (χ3n) is 6.19. The molecule has 0 saturated heterocycles. The van der Waals surface area contributed by atoms with E-state index in [0.717, 1.165) is 40.0 Å². The first kappa shape index (κ1) is 26.4. The lowest BCUT2D eigenvalue weighted by atomic mass is 10.0. The standard InChI is InChI=1S/C31H24ClF3N2O2/c1-19(2)39-26-14-12-25(13-15-26)37-18-28(36-30(38)21-5-10-24(32)11-6-21)27-17-22(7-16-29(27)37)20-3-8-23(9-4-20)31(33,34)35/h3-19H,1-2H3,(H,36,38). The predicted molar refractivity (Wildman–Crippen MR) is 149 cm³/mol. The average Bonchev–Trinajstić information content (AvgIpc) is 3.26. The molecular weight excluding hydrogens is 525 g/mol. The zero-order chi connectivity index (χ0) is 27.7. The number of hydrogen-bond acceptors (Lipinski definition) is 2. The first-order chi connectivity index (χ1) is 18.6. The van der Waals surface area contributed by atoms with Gasteiger partial charge >= 0.3 is 6.18 Å². The molecule has 0 aliphatic carbocycles. The van der Waals surface area contributed by atoms with Gasteiger partial charge in [-0.3, -0.25) is 4.79 Å². The lowest BCUT2D eigenvalue weighted by Gasteiger charge is -2.11. The molecule has 0 spiro atoms. The van der Waals surface area contributed by atoms with Gasteiger partial charge in [0.2, 0.25) is 0 Å². The van der Waals surface area contributed by atoms with Gasteiger partial charge in [0, 0.05) is 27.9 Å². The summed E-state index contributed by atoms with van der Waals surface area (Å²) >= 11 is 5.97. The molecule has 4 aromatic carbocycles. The molecular formula is C31H24ClF3N2O2. The van der Waals surface area contributed by atoms with Crippen LogP contribution in [-0.2, 0) is 6.18 Å². The van der Waals surface area contributed by atoms with E-state index in [1.165, 1.54) is 12.1 Å². The maximum Gasteiger partial charge on any atom is 0.416 e. The molecule has 1 N–H and O–H groups in total. The SMILES string of the molecule is CC(C)Oc1ccc(-n2cc(NC(=O)c3ccc(Cl)cc3)c3cc(-c4ccc(C(F)(F)F)cc4)ccc32)cc1. The van der Waals surface area contributed by atoms with Gasteiger partial charge < -0.3 is 14.6 Å². The van der Waals surface area contributed by atoms with Gasteiger partial charge in [0.1, 0.15) is 5.75 Å². The molecule has 1 heterocycles. The monoisotopic (exact) mass is 548 g/mol. The highest BCUT2D eigenvalue weighted by molar-refractivity contribution is 6.30. The summed E-state index contributed by atoms with van der Waals surface area (Å²) in [7, 11) is 0. The van der Waals surface area contributed by atoms with Crippen molar-refractivity contribution in [3.8, 4) is 22.6 Å². The van der Waals surface area contributed by atoms with Gasteiger partial charge in [-0.1, -0.05) is 29.8 Å². The number of alkyl halides is 3. The third-order valence-corrected chi connectivity index (χ3v) is 6.44. The van der Waals surface area contributed by atoms with Crippen LogP contribution in [0.2, 0.25) is 5.02 Å². The molecule has 8 heteroatoms. The Hall–Kier alpha value is -4.23. The van der Waals surface area contributed by atoms with Gasteiger partial charge in [-0.2, -0.15) is 13.2 Å². The Morgan fingerprint density at radius 1 is 0.872 bits per heavy atom. The number of hydrogen-bond donors (Lipinski definition) is 1. The normalized spacial score (nSPS) is 11.7. The summed E-state index contributed by atoms with van der Waals surface area (Å²) in [6.45, 7) is 3.91. The number of nitrogens with one attached hydrogen (secondary N) is 1. The van der Waals surface area contributed by atoms with Crippen LogP contribution >= 0.6 is 11.6 Å². The second-order valence-electron chi connectivity index (χ2n) is 9.34. The number of fused-ring (bicyclic) bond motifs is 1. The van der Waals surface area contributed by atoms with Crippen molar-refractivity contribution < 1.29 is 22.7 Å². The van der Waals surface area contributed by atoms with Crippen molar-refractivity contribution in [3.63, 3.8) is 0 Å². The van der Waals surface area contributed by atoms with E-state index in [1.54, 1.807) is 24.3 Å². The highest BCUT2D eigenvalue weighted by Crippen LogP contribution is 2.35. The summed E-state index contributed by atoms with van der Waals surface area (Å²) in [4.78, 5) is 13.1. The van der Waals surface area contributed by atoms with E-state index < -0.39 is 11.7 Å². The van der Waals surface area contributed by atoms with Gasteiger partial charge in [-0.05, 0) is 97.8 Å². The predicted octanol–water partition coefficient (Wildman–Crippen LogP) is 9.01. The summed E-state index contributed by atoms with van der Waals surface area (Å²) in [6.07, 6.45) is -2.54. The minimum atomic E-state index is -4.41. The smallest absolute Gasteiger partial charge is 0.416 e. The Bertz CT molecular complexity index is 1620. The lowest BCUT2D eigenvalue weighted by Crippen LogP contribution is -2.11. The van der Waals surface area contributed by atoms with E-state index >= 15 is 0 Å². The molecule has 0 fully saturated rings. The molecule has 39 heavy (non-hydrogen) atoms. The van der Waals surface area contributed by atoms with Crippen molar-refractivity contribution in [2.75, 3.05) is 5.32 Å². The van der Waals surface area contributed by atoms with Crippen molar-refractivity contribution in [1.82, 2.24) is 4.57 Å². The Morgan fingerprint density at radius 2 is 1.51 bits per heavy atom. The molecule has 4 nitrogen and oxygen atoms in total. The fraction of sp³-hybridized carbons (Fsp3) is 0.129. The van der Waals surface area contributed by atoms with Crippen LogP contribution in [0.4, 0.5) is 18.9 Å². The molecule has 5 rings (SSSR count). The maximum atomic E-state index is 13.1. The molecule has 0 bridgehead atoms. The number of benzene rings is 4. The average molecular weight is 549 g/mol. The summed E-state index contributed by atoms with van der Waals surface area (Å²) < 4.78 is 46.9. The Balaban J connectivity index is 1.57. The molecule has 0 aliphatic rings. The molecule has 0 unspecified atom stereocenters. The van der Waals surface area contributed by atoms with Crippen molar-refractivity contribution in [2.24, 2.45) is 0 Å². The summed E-state index contributed by atoms with van der Waals surface area (Å²) in [5.74, 6) is 0.428. The highest BCUT2D eigenvalue weighted by atomic mass is 35.5. The van der Waals surface area contributed by atoms with Gasteiger partial charge in [0.15, 0.2) is 0 Å². The van der Waals surface area contributed by atoms with Gasteiger partial charge in [0.25, 0.3) is 5.91 Å². The van der Waals surface area contributed by atoms with Crippen LogP contribution in [0.3, 0.4) is 0 Å². The van der Waals surface area contributed by atoms with Crippen LogP contribution in [0, 0.1) is 0 Å². The second kappa shape index (κ2) is 10.5. The summed E-state index contributed by atoms with van der Waals surface area (Å²) in [5, 5.41) is 4.24. The van der Waals surface area contributed by atoms with Crippen LogP contribution in [0.25, 0.3) is 27.7 Å². The van der Waals surface area contributed by atoms with Crippen molar-refractivity contribution >= 4 is 34.1 Å². The molecule has 1 amide bonds. The van der Waals surface area contributed by atoms with Gasteiger partial charge in [-0.15, -0.1) is 0 Å². The molecule has 5 aromatic rings. The van der Waals surface area contributed by atoms with Crippen molar-refractivity contribution in [1.29, 1.82) is 0 Å². The molecule has 0 radical (unpaired) electrons. The van der Waals surface area contributed by atoms with Crippen molar-refractivity contribution in [2.45, 2.75) is 26.1 Å². The first-order valence-electron chi connectivity index (χ1n) is 12.3. The number of aromatic nitrogens is 1. The zero-order valence-corrected chi connectivity index (χ0v) is 21.8. The molecule has 1 aromatic heterocycles. The zero-order valence-electron chi connectivity index (χ0n) is 21.1. The van der Waals surface area contributed by atoms with Crippen LogP contribution in [0.15, 0.2) is 97.2 Å². The number of nitrogens with zero attached hydrogens (tertiary/aromatic N) is 1. The second-order valence-corrected chi connectivity index (χ2v) is 9.78.